The van der Waals surface area contributed by atoms with Crippen LogP contribution in [0.2, 0.25) is 0 Å². The van der Waals surface area contributed by atoms with Crippen molar-refractivity contribution in [2.24, 2.45) is 0 Å². The Bertz CT molecular complexity index is 765. The second kappa shape index (κ2) is 7.81. The average molecular weight is 327 g/mol. The average Bonchev–Trinajstić information content (AvgIpc) is 2.54. The van der Waals surface area contributed by atoms with E-state index in [-0.39, 0.29) is 11.5 Å². The number of H-pyrrole nitrogens is 1. The van der Waals surface area contributed by atoms with Gasteiger partial charge in [-0.1, -0.05) is 31.5 Å². The van der Waals surface area contributed by atoms with E-state index in [9.17, 15) is 9.59 Å². The standard InChI is InChI=1S/C19H25N3O2/c1-5-8-16-11-15(12-18(23)20-16)19(24)22(4)13-14-9-6-7-10-17(14)21(2)3/h6-7,9-12H,5,8,13H2,1-4H3,(H,20,23). The summed E-state index contributed by atoms with van der Waals surface area (Å²) in [7, 11) is 5.72. The third kappa shape index (κ3) is 4.25. The molecule has 5 heteroatoms. The largest absolute Gasteiger partial charge is 0.377 e. The maximum Gasteiger partial charge on any atom is 0.254 e. The van der Waals surface area contributed by atoms with Crippen molar-refractivity contribution in [3.05, 3.63) is 63.6 Å². The van der Waals surface area contributed by atoms with E-state index >= 15 is 0 Å². The van der Waals surface area contributed by atoms with Crippen molar-refractivity contribution in [1.29, 1.82) is 0 Å². The zero-order valence-electron chi connectivity index (χ0n) is 14.8. The summed E-state index contributed by atoms with van der Waals surface area (Å²) in [5.41, 5.74) is 3.15. The molecule has 24 heavy (non-hydrogen) atoms. The van der Waals surface area contributed by atoms with Gasteiger partial charge in [-0.3, -0.25) is 9.59 Å². The molecule has 0 saturated carbocycles. The summed E-state index contributed by atoms with van der Waals surface area (Å²) in [4.78, 5) is 30.9. The fourth-order valence-electron chi connectivity index (χ4n) is 2.76. The number of hydrogen-bond acceptors (Lipinski definition) is 3. The molecule has 0 aliphatic heterocycles. The van der Waals surface area contributed by atoms with Crippen molar-refractivity contribution in [2.75, 3.05) is 26.0 Å². The van der Waals surface area contributed by atoms with Crippen molar-refractivity contribution >= 4 is 11.6 Å². The molecule has 1 aromatic carbocycles. The molecule has 0 saturated heterocycles. The SMILES string of the molecule is CCCc1cc(C(=O)N(C)Cc2ccccc2N(C)C)cc(=O)[nH]1. The van der Waals surface area contributed by atoms with E-state index in [2.05, 4.69) is 4.98 Å². The molecule has 0 spiro atoms. The van der Waals surface area contributed by atoms with Gasteiger partial charge in [0.2, 0.25) is 5.56 Å². The van der Waals surface area contributed by atoms with Crippen LogP contribution < -0.4 is 10.5 Å². The zero-order valence-corrected chi connectivity index (χ0v) is 14.8. The predicted octanol–water partition coefficient (Wildman–Crippen LogP) is 2.67. The van der Waals surface area contributed by atoms with Crippen molar-refractivity contribution in [3.8, 4) is 0 Å². The molecule has 0 bridgehead atoms. The summed E-state index contributed by atoms with van der Waals surface area (Å²) in [5, 5.41) is 0. The van der Waals surface area contributed by atoms with Gasteiger partial charge in [0.05, 0.1) is 0 Å². The number of carbonyl (C=O) groups is 1. The fourth-order valence-corrected chi connectivity index (χ4v) is 2.76. The smallest absolute Gasteiger partial charge is 0.254 e. The first-order valence-corrected chi connectivity index (χ1v) is 8.16. The number of pyridine rings is 1. The number of hydrogen-bond donors (Lipinski definition) is 1. The Morgan fingerprint density at radius 3 is 2.50 bits per heavy atom. The summed E-state index contributed by atoms with van der Waals surface area (Å²) in [6.07, 6.45) is 1.67. The number of para-hydroxylation sites is 1. The van der Waals surface area contributed by atoms with Crippen molar-refractivity contribution in [1.82, 2.24) is 9.88 Å². The summed E-state index contributed by atoms with van der Waals surface area (Å²) in [6, 6.07) is 11.1. The number of aromatic amines is 1. The molecule has 1 aromatic heterocycles. The van der Waals surface area contributed by atoms with Crippen molar-refractivity contribution < 1.29 is 4.79 Å². The highest BCUT2D eigenvalue weighted by Crippen LogP contribution is 2.20. The van der Waals surface area contributed by atoms with Crippen LogP contribution in [0.1, 0.15) is 35.0 Å². The molecule has 5 nitrogen and oxygen atoms in total. The molecule has 2 rings (SSSR count). The number of aryl methyl sites for hydroxylation is 1. The van der Waals surface area contributed by atoms with E-state index in [4.69, 9.17) is 0 Å². The van der Waals surface area contributed by atoms with Crippen molar-refractivity contribution in [3.63, 3.8) is 0 Å². The quantitative estimate of drug-likeness (QED) is 0.887. The summed E-state index contributed by atoms with van der Waals surface area (Å²) in [5.74, 6) is -0.146. The molecular formula is C19H25N3O2. The van der Waals surface area contributed by atoms with Gasteiger partial charge in [-0.05, 0) is 24.1 Å². The number of benzene rings is 1. The number of amides is 1. The van der Waals surface area contributed by atoms with Crippen LogP contribution in [0.3, 0.4) is 0 Å². The van der Waals surface area contributed by atoms with Gasteiger partial charge in [-0.15, -0.1) is 0 Å². The molecule has 0 radical (unpaired) electrons. The Labute approximate surface area is 142 Å². The summed E-state index contributed by atoms with van der Waals surface area (Å²) in [6.45, 7) is 2.53. The van der Waals surface area contributed by atoms with E-state index in [0.717, 1.165) is 29.8 Å². The minimum absolute atomic E-state index is 0.146. The predicted molar refractivity (Wildman–Crippen MR) is 97.6 cm³/mol. The van der Waals surface area contributed by atoms with Crippen LogP contribution >= 0.6 is 0 Å². The first kappa shape index (κ1) is 17.8. The molecule has 1 heterocycles. The van der Waals surface area contributed by atoms with E-state index in [1.807, 2.05) is 50.2 Å². The lowest BCUT2D eigenvalue weighted by Gasteiger charge is -2.22. The lowest BCUT2D eigenvalue weighted by molar-refractivity contribution is 0.0785. The van der Waals surface area contributed by atoms with Gasteiger partial charge in [0.15, 0.2) is 0 Å². The molecule has 0 aliphatic rings. The Hall–Kier alpha value is -2.56. The van der Waals surface area contributed by atoms with Gasteiger partial charge < -0.3 is 14.8 Å². The minimum atomic E-state index is -0.230. The van der Waals surface area contributed by atoms with Gasteiger partial charge in [0, 0.05) is 50.7 Å². The molecule has 0 fully saturated rings. The third-order valence-electron chi connectivity index (χ3n) is 3.89. The van der Waals surface area contributed by atoms with Crippen LogP contribution in [0.15, 0.2) is 41.2 Å². The molecule has 1 amide bonds. The second-order valence-corrected chi connectivity index (χ2v) is 6.19. The first-order valence-electron chi connectivity index (χ1n) is 8.16. The highest BCUT2D eigenvalue weighted by atomic mass is 16.2. The number of nitrogens with zero attached hydrogens (tertiary/aromatic N) is 2. The molecule has 0 unspecified atom stereocenters. The molecule has 128 valence electrons. The topological polar surface area (TPSA) is 56.4 Å². The molecule has 0 aliphatic carbocycles. The molecule has 1 N–H and O–H groups in total. The number of rotatable bonds is 6. The monoisotopic (exact) mass is 327 g/mol. The minimum Gasteiger partial charge on any atom is -0.377 e. The van der Waals surface area contributed by atoms with Crippen LogP contribution in [0, 0.1) is 0 Å². The Kier molecular flexibility index (Phi) is 5.79. The van der Waals surface area contributed by atoms with Crippen LogP contribution in [-0.4, -0.2) is 36.9 Å². The summed E-state index contributed by atoms with van der Waals surface area (Å²) >= 11 is 0. The number of anilines is 1. The van der Waals surface area contributed by atoms with E-state index in [1.54, 1.807) is 18.0 Å². The molecule has 2 aromatic rings. The Morgan fingerprint density at radius 2 is 1.83 bits per heavy atom. The Morgan fingerprint density at radius 1 is 1.12 bits per heavy atom. The van der Waals surface area contributed by atoms with E-state index < -0.39 is 0 Å². The van der Waals surface area contributed by atoms with Crippen LogP contribution in [0.4, 0.5) is 5.69 Å². The van der Waals surface area contributed by atoms with Gasteiger partial charge in [0.1, 0.15) is 0 Å². The first-order chi connectivity index (χ1) is 11.4. The van der Waals surface area contributed by atoms with Gasteiger partial charge in [-0.25, -0.2) is 0 Å². The highest BCUT2D eigenvalue weighted by Gasteiger charge is 2.15. The second-order valence-electron chi connectivity index (χ2n) is 6.19. The fraction of sp³-hybridized carbons (Fsp3) is 0.368. The number of carbonyl (C=O) groups excluding carboxylic acids is 1. The van der Waals surface area contributed by atoms with E-state index in [0.29, 0.717) is 12.1 Å². The van der Waals surface area contributed by atoms with Crippen LogP contribution in [-0.2, 0) is 13.0 Å². The van der Waals surface area contributed by atoms with Crippen LogP contribution in [0.5, 0.6) is 0 Å². The third-order valence-corrected chi connectivity index (χ3v) is 3.89. The van der Waals surface area contributed by atoms with Crippen LogP contribution in [0.25, 0.3) is 0 Å². The van der Waals surface area contributed by atoms with Gasteiger partial charge >= 0.3 is 0 Å². The zero-order chi connectivity index (χ0) is 17.7. The Balaban J connectivity index is 2.23. The molecule has 0 atom stereocenters. The lowest BCUT2D eigenvalue weighted by Crippen LogP contribution is -2.28. The van der Waals surface area contributed by atoms with Gasteiger partial charge in [0.25, 0.3) is 5.91 Å². The number of aromatic nitrogens is 1. The van der Waals surface area contributed by atoms with E-state index in [1.165, 1.54) is 6.07 Å². The van der Waals surface area contributed by atoms with Gasteiger partial charge in [-0.2, -0.15) is 0 Å². The van der Waals surface area contributed by atoms with Crippen molar-refractivity contribution in [2.45, 2.75) is 26.3 Å². The maximum absolute atomic E-state index is 12.7. The normalized spacial score (nSPS) is 10.5. The summed E-state index contributed by atoms with van der Waals surface area (Å²) < 4.78 is 0. The lowest BCUT2D eigenvalue weighted by atomic mass is 10.1. The maximum atomic E-state index is 12.7. The highest BCUT2D eigenvalue weighted by molar-refractivity contribution is 5.94. The molecular weight excluding hydrogens is 302 g/mol. The number of nitrogens with one attached hydrogen (secondary N) is 1.